The Balaban J connectivity index is 1.50. The number of nitrogens with one attached hydrogen (secondary N) is 1. The number of anilines is 1. The quantitative estimate of drug-likeness (QED) is 0.336. The molecule has 35 heavy (non-hydrogen) atoms. The molecule has 8 heteroatoms. The molecule has 0 aliphatic carbocycles. The molecule has 0 unspecified atom stereocenters. The van der Waals surface area contributed by atoms with Gasteiger partial charge in [0.15, 0.2) is 5.16 Å². The lowest BCUT2D eigenvalue weighted by atomic mass is 10.0. The minimum Gasteiger partial charge on any atom is -0.325 e. The molecule has 1 amide bonds. The Kier molecular flexibility index (Phi) is 6.13. The van der Waals surface area contributed by atoms with Crippen molar-refractivity contribution in [2.75, 3.05) is 11.1 Å². The normalized spacial score (nSPS) is 11.4. The first-order chi connectivity index (χ1) is 16.9. The molecule has 5 rings (SSSR count). The Hall–Kier alpha value is -3.91. The summed E-state index contributed by atoms with van der Waals surface area (Å²) in [7, 11) is 0. The van der Waals surface area contributed by atoms with E-state index in [1.54, 1.807) is 10.6 Å². The number of carbonyl (C=O) groups excluding carboxylic acids is 1. The lowest BCUT2D eigenvalue weighted by Crippen LogP contribution is -2.22. The van der Waals surface area contributed by atoms with Crippen LogP contribution in [0.25, 0.3) is 22.4 Å². The monoisotopic (exact) mass is 483 g/mol. The highest BCUT2D eigenvalue weighted by atomic mass is 32.2. The summed E-state index contributed by atoms with van der Waals surface area (Å²) in [6, 6.07) is 23.0. The van der Waals surface area contributed by atoms with Crippen molar-refractivity contribution in [1.29, 1.82) is 0 Å². The van der Waals surface area contributed by atoms with Crippen LogP contribution >= 0.6 is 11.8 Å². The molecule has 1 N–H and O–H groups in total. The van der Waals surface area contributed by atoms with Gasteiger partial charge in [-0.15, -0.1) is 10.2 Å². The van der Waals surface area contributed by atoms with E-state index < -0.39 is 0 Å². The van der Waals surface area contributed by atoms with Gasteiger partial charge in [-0.1, -0.05) is 67.6 Å². The summed E-state index contributed by atoms with van der Waals surface area (Å²) in [5.74, 6) is 0.807. The van der Waals surface area contributed by atoms with E-state index in [0.29, 0.717) is 33.4 Å². The van der Waals surface area contributed by atoms with E-state index in [0.717, 1.165) is 11.3 Å². The van der Waals surface area contributed by atoms with Crippen LogP contribution in [0.15, 0.2) is 82.7 Å². The number of para-hydroxylation sites is 1. The van der Waals surface area contributed by atoms with Crippen LogP contribution in [0, 0.1) is 6.92 Å². The fraction of sp³-hybridized carbons (Fsp3) is 0.185. The third-order valence-corrected chi connectivity index (χ3v) is 6.79. The highest BCUT2D eigenvalue weighted by Crippen LogP contribution is 2.24. The van der Waals surface area contributed by atoms with Gasteiger partial charge in [-0.2, -0.15) is 0 Å². The summed E-state index contributed by atoms with van der Waals surface area (Å²) in [6.07, 6.45) is 0. The molecule has 0 bridgehead atoms. The largest absolute Gasteiger partial charge is 0.325 e. The minimum atomic E-state index is -0.163. The summed E-state index contributed by atoms with van der Waals surface area (Å²) < 4.78 is 3.41. The van der Waals surface area contributed by atoms with E-state index in [4.69, 9.17) is 0 Å². The van der Waals surface area contributed by atoms with Crippen molar-refractivity contribution in [2.45, 2.75) is 31.8 Å². The van der Waals surface area contributed by atoms with Gasteiger partial charge in [0.25, 0.3) is 5.56 Å². The minimum absolute atomic E-state index is 0.135. The second kappa shape index (κ2) is 9.38. The average Bonchev–Trinajstić information content (AvgIpc) is 3.28. The molecule has 0 aliphatic rings. The van der Waals surface area contributed by atoms with Crippen molar-refractivity contribution in [2.24, 2.45) is 0 Å². The third kappa shape index (κ3) is 4.44. The van der Waals surface area contributed by atoms with Crippen LogP contribution in [0.2, 0.25) is 0 Å². The maximum Gasteiger partial charge on any atom is 0.267 e. The molecule has 0 spiro atoms. The summed E-state index contributed by atoms with van der Waals surface area (Å²) >= 11 is 1.28. The molecule has 7 nitrogen and oxygen atoms in total. The number of carbonyl (C=O) groups is 1. The van der Waals surface area contributed by atoms with Gasteiger partial charge in [0.1, 0.15) is 0 Å². The molecule has 0 saturated carbocycles. The fourth-order valence-electron chi connectivity index (χ4n) is 4.00. The number of nitrogens with zero attached hydrogens (tertiary/aromatic N) is 4. The van der Waals surface area contributed by atoms with Gasteiger partial charge >= 0.3 is 0 Å². The molecule has 0 saturated heterocycles. The van der Waals surface area contributed by atoms with E-state index in [2.05, 4.69) is 35.4 Å². The highest BCUT2D eigenvalue weighted by molar-refractivity contribution is 7.99. The summed E-state index contributed by atoms with van der Waals surface area (Å²) in [4.78, 5) is 26.1. The Morgan fingerprint density at radius 2 is 1.77 bits per heavy atom. The van der Waals surface area contributed by atoms with Crippen LogP contribution in [-0.4, -0.2) is 30.8 Å². The number of hydrogen-bond donors (Lipinski definition) is 1. The van der Waals surface area contributed by atoms with E-state index in [9.17, 15) is 9.59 Å². The second-order valence-electron chi connectivity index (χ2n) is 8.73. The standard InChI is InChI=1S/C27H25N5O2S/c1-17(2)19-7-6-8-20(15-19)28-24(33)16-35-27-30-29-26-31(21-13-11-18(3)12-14-21)25(34)22-9-4-5-10-23(22)32(26)27/h4-15,17H,16H2,1-3H3,(H,28,33). The van der Waals surface area contributed by atoms with Gasteiger partial charge in [0.2, 0.25) is 11.7 Å². The molecule has 0 atom stereocenters. The topological polar surface area (TPSA) is 81.3 Å². The number of hydrogen-bond acceptors (Lipinski definition) is 5. The van der Waals surface area contributed by atoms with E-state index in [-0.39, 0.29) is 17.2 Å². The van der Waals surface area contributed by atoms with Gasteiger partial charge in [0, 0.05) is 5.69 Å². The predicted molar refractivity (Wildman–Crippen MR) is 141 cm³/mol. The molecule has 0 radical (unpaired) electrons. The number of aryl methyl sites for hydroxylation is 1. The summed E-state index contributed by atoms with van der Waals surface area (Å²) in [5, 5.41) is 12.7. The van der Waals surface area contributed by atoms with Crippen LogP contribution in [0.3, 0.4) is 0 Å². The van der Waals surface area contributed by atoms with Gasteiger partial charge in [-0.3, -0.25) is 14.0 Å². The molecule has 2 aromatic heterocycles. The van der Waals surface area contributed by atoms with Crippen molar-refractivity contribution in [3.05, 3.63) is 94.3 Å². The molecular weight excluding hydrogens is 458 g/mol. The van der Waals surface area contributed by atoms with E-state index in [1.807, 2.05) is 72.0 Å². The van der Waals surface area contributed by atoms with Gasteiger partial charge in [0.05, 0.1) is 22.3 Å². The first kappa shape index (κ1) is 22.9. The van der Waals surface area contributed by atoms with Gasteiger partial charge in [-0.25, -0.2) is 4.57 Å². The van der Waals surface area contributed by atoms with Gasteiger partial charge in [-0.05, 0) is 54.8 Å². The fourth-order valence-corrected chi connectivity index (χ4v) is 4.74. The van der Waals surface area contributed by atoms with E-state index >= 15 is 0 Å². The molecule has 2 heterocycles. The third-order valence-electron chi connectivity index (χ3n) is 5.86. The van der Waals surface area contributed by atoms with Crippen molar-refractivity contribution in [3.63, 3.8) is 0 Å². The van der Waals surface area contributed by atoms with Crippen molar-refractivity contribution in [1.82, 2.24) is 19.2 Å². The van der Waals surface area contributed by atoms with Crippen LogP contribution in [-0.2, 0) is 4.79 Å². The molecule has 0 aliphatic heterocycles. The lowest BCUT2D eigenvalue weighted by Gasteiger charge is -2.12. The number of rotatable bonds is 6. The van der Waals surface area contributed by atoms with E-state index in [1.165, 1.54) is 17.3 Å². The second-order valence-corrected chi connectivity index (χ2v) is 9.67. The van der Waals surface area contributed by atoms with Crippen molar-refractivity contribution < 1.29 is 4.79 Å². The Morgan fingerprint density at radius 3 is 2.54 bits per heavy atom. The maximum atomic E-state index is 13.4. The van der Waals surface area contributed by atoms with Crippen LogP contribution in [0.4, 0.5) is 5.69 Å². The SMILES string of the molecule is Cc1ccc(-n2c(=O)c3ccccc3n3c(SCC(=O)Nc4cccc(C(C)C)c4)nnc23)cc1. The molecule has 5 aromatic rings. The zero-order valence-corrected chi connectivity index (χ0v) is 20.5. The zero-order chi connectivity index (χ0) is 24.5. The Labute approximate surface area is 206 Å². The van der Waals surface area contributed by atoms with Gasteiger partial charge < -0.3 is 5.32 Å². The van der Waals surface area contributed by atoms with Crippen LogP contribution in [0.5, 0.6) is 0 Å². The average molecular weight is 484 g/mol. The van der Waals surface area contributed by atoms with Crippen LogP contribution < -0.4 is 10.9 Å². The zero-order valence-electron chi connectivity index (χ0n) is 19.7. The summed E-state index contributed by atoms with van der Waals surface area (Å²) in [6.45, 7) is 6.24. The Bertz CT molecular complexity index is 1600. The number of aromatic nitrogens is 4. The number of thioether (sulfide) groups is 1. The van der Waals surface area contributed by atoms with Crippen molar-refractivity contribution in [3.8, 4) is 5.69 Å². The Morgan fingerprint density at radius 1 is 1.00 bits per heavy atom. The number of amides is 1. The lowest BCUT2D eigenvalue weighted by molar-refractivity contribution is -0.113. The molecular formula is C27H25N5O2S. The molecule has 0 fully saturated rings. The molecule has 176 valence electrons. The number of fused-ring (bicyclic) bond motifs is 3. The maximum absolute atomic E-state index is 13.4. The first-order valence-electron chi connectivity index (χ1n) is 11.4. The number of benzene rings is 3. The summed E-state index contributed by atoms with van der Waals surface area (Å²) in [5.41, 5.74) is 4.28. The predicted octanol–water partition coefficient (Wildman–Crippen LogP) is 5.20. The van der Waals surface area contributed by atoms with Crippen molar-refractivity contribution >= 4 is 40.0 Å². The van der Waals surface area contributed by atoms with Crippen LogP contribution in [0.1, 0.15) is 30.9 Å². The smallest absolute Gasteiger partial charge is 0.267 e. The molecule has 3 aromatic carbocycles. The first-order valence-corrected chi connectivity index (χ1v) is 12.4. The highest BCUT2D eigenvalue weighted by Gasteiger charge is 2.18.